The van der Waals surface area contributed by atoms with Gasteiger partial charge in [0.25, 0.3) is 15.6 Å². The predicted molar refractivity (Wildman–Crippen MR) is 120 cm³/mol. The van der Waals surface area contributed by atoms with E-state index in [4.69, 9.17) is 30.8 Å². The van der Waals surface area contributed by atoms with E-state index in [0.29, 0.717) is 0 Å². The van der Waals surface area contributed by atoms with Crippen LogP contribution in [0.4, 0.5) is 5.82 Å². The maximum absolute atomic E-state index is 11.9. The molecule has 1 aliphatic heterocycles. The van der Waals surface area contributed by atoms with E-state index in [1.807, 2.05) is 0 Å². The van der Waals surface area contributed by atoms with E-state index < -0.39 is 71.1 Å². The Labute approximate surface area is 217 Å². The van der Waals surface area contributed by atoms with Crippen LogP contribution in [0.15, 0.2) is 23.0 Å². The molecule has 2 aliphatic rings. The molecule has 21 nitrogen and oxygen atoms in total. The van der Waals surface area contributed by atoms with Gasteiger partial charge < -0.3 is 39.5 Å². The summed E-state index contributed by atoms with van der Waals surface area (Å²) in [5.74, 6) is 5.34. The number of fused-ring (bicyclic) bond motifs is 1. The fraction of sp³-hybridized carbons (Fsp3) is 0.688. The van der Waals surface area contributed by atoms with Crippen LogP contribution >= 0.6 is 15.6 Å². The Morgan fingerprint density at radius 2 is 1.92 bits per heavy atom. The molecular formula is C16H22N8O13P2-2. The first-order valence-electron chi connectivity index (χ1n) is 11.0. The Morgan fingerprint density at radius 1 is 1.18 bits per heavy atom. The van der Waals surface area contributed by atoms with Crippen molar-refractivity contribution in [3.63, 3.8) is 0 Å². The van der Waals surface area contributed by atoms with E-state index in [0.717, 1.165) is 6.33 Å². The Hall–Kier alpha value is -2.39. The number of phosphoric acid groups is 2. The molecule has 1 aliphatic carbocycles. The molecule has 1 saturated carbocycles. The molecule has 6 N–H and O–H groups in total. The van der Waals surface area contributed by atoms with Crippen LogP contribution in [0.1, 0.15) is 19.1 Å². The van der Waals surface area contributed by atoms with Gasteiger partial charge in [-0.15, -0.1) is 0 Å². The lowest BCUT2D eigenvalue weighted by Crippen LogP contribution is -2.52. The van der Waals surface area contributed by atoms with E-state index >= 15 is 0 Å². The van der Waals surface area contributed by atoms with Gasteiger partial charge in [-0.1, -0.05) is 10.4 Å². The quantitative estimate of drug-likeness (QED) is 0.120. The summed E-state index contributed by atoms with van der Waals surface area (Å²) < 4.78 is 43.8. The lowest BCUT2D eigenvalue weighted by atomic mass is 9.86. The lowest BCUT2D eigenvalue weighted by molar-refractivity contribution is -0.243. The fourth-order valence-electron chi connectivity index (χ4n) is 4.46. The molecule has 2 aromatic rings. The first-order chi connectivity index (χ1) is 18.4. The van der Waals surface area contributed by atoms with Crippen LogP contribution in [0, 0.1) is 9.81 Å². The third-order valence-corrected chi connectivity index (χ3v) is 8.20. The number of aliphatic hydroxyl groups is 1. The molecule has 1 saturated heterocycles. The summed E-state index contributed by atoms with van der Waals surface area (Å²) in [7, 11) is -11.4. The summed E-state index contributed by atoms with van der Waals surface area (Å²) in [6.07, 6.45) is -6.25. The van der Waals surface area contributed by atoms with Crippen molar-refractivity contribution in [1.82, 2.24) is 19.5 Å². The van der Waals surface area contributed by atoms with Crippen molar-refractivity contribution in [2.24, 2.45) is 16.3 Å². The van der Waals surface area contributed by atoms with Crippen molar-refractivity contribution in [3.8, 4) is 0 Å². The summed E-state index contributed by atoms with van der Waals surface area (Å²) in [6.45, 7) is -0.999. The first-order valence-corrected chi connectivity index (χ1v) is 14.0. The van der Waals surface area contributed by atoms with Crippen molar-refractivity contribution < 1.29 is 52.1 Å². The summed E-state index contributed by atoms with van der Waals surface area (Å²) >= 11 is 0. The SMILES string of the molecule is NOC1CC(N=O)CC(N=O)C1OC1[C@@H](COP(=O)([O-])OP(=O)([O-])O)O[C@@H](n2cnc3c(N)ncnc32)[C@H]1O. The molecule has 0 spiro atoms. The molecule has 3 heterocycles. The molecule has 10 atom stereocenters. The second kappa shape index (κ2) is 11.6. The number of nitrogen functional groups attached to an aromatic ring is 1. The molecule has 0 radical (unpaired) electrons. The highest BCUT2D eigenvalue weighted by molar-refractivity contribution is 7.59. The van der Waals surface area contributed by atoms with Crippen molar-refractivity contribution in [1.29, 1.82) is 0 Å². The van der Waals surface area contributed by atoms with Gasteiger partial charge >= 0.3 is 0 Å². The molecule has 2 aromatic heterocycles. The largest absolute Gasteiger partial charge is 0.756 e. The van der Waals surface area contributed by atoms with Crippen molar-refractivity contribution >= 4 is 32.6 Å². The highest BCUT2D eigenvalue weighted by Crippen LogP contribution is 2.53. The van der Waals surface area contributed by atoms with E-state index in [2.05, 4.69) is 34.1 Å². The Morgan fingerprint density at radius 3 is 2.56 bits per heavy atom. The van der Waals surface area contributed by atoms with Gasteiger partial charge in [-0.2, -0.15) is 9.81 Å². The second-order valence-electron chi connectivity index (χ2n) is 8.58. The minimum atomic E-state index is -5.74. The standard InChI is InChI=1S/C16H24N8O13P2/c17-14-10-15(20-4-19-14)24(5-21-10)16-11(25)13(9(34-16)3-33-39(31,32)37-38(28,29)30)35-12-7(23-27)1-6(22-26)2-8(12)36-18/h4-9,11-13,16,25H,1-3,18H2,(H,31,32)(H2,17,19,20)(H2,28,29,30)/p-2/t6?,7?,8?,9-,11+,12?,13?,16-/m1/s1. The molecule has 0 aromatic carbocycles. The normalized spacial score (nSPS) is 34.4. The maximum atomic E-state index is 11.9. The number of aromatic nitrogens is 4. The van der Waals surface area contributed by atoms with Gasteiger partial charge in [-0.05, 0) is 0 Å². The van der Waals surface area contributed by atoms with E-state index in [-0.39, 0.29) is 29.8 Å². The third-order valence-electron chi connectivity index (χ3n) is 6.11. The van der Waals surface area contributed by atoms with Gasteiger partial charge in [0.2, 0.25) is 0 Å². The van der Waals surface area contributed by atoms with Crippen molar-refractivity contribution in [2.75, 3.05) is 12.3 Å². The molecule has 7 unspecified atom stereocenters. The average Bonchev–Trinajstić information content (AvgIpc) is 3.43. The maximum Gasteiger partial charge on any atom is 0.274 e. The van der Waals surface area contributed by atoms with Gasteiger partial charge in [-0.25, -0.2) is 25.2 Å². The number of nitroso groups, excluding NO2 is 2. The Bertz CT molecular complexity index is 1290. The zero-order valence-electron chi connectivity index (χ0n) is 19.5. The van der Waals surface area contributed by atoms with Crippen LogP contribution in [0.25, 0.3) is 11.2 Å². The van der Waals surface area contributed by atoms with Gasteiger partial charge in [-0.3, -0.25) is 18.5 Å². The van der Waals surface area contributed by atoms with Crippen LogP contribution in [0.2, 0.25) is 0 Å². The zero-order valence-corrected chi connectivity index (χ0v) is 21.3. The number of ether oxygens (including phenoxy) is 2. The highest BCUT2D eigenvalue weighted by Gasteiger charge is 2.51. The van der Waals surface area contributed by atoms with Gasteiger partial charge in [0.1, 0.15) is 48.4 Å². The number of hydrogen-bond donors (Lipinski definition) is 4. The van der Waals surface area contributed by atoms with Crippen molar-refractivity contribution in [3.05, 3.63) is 22.5 Å². The first kappa shape index (κ1) is 29.6. The zero-order chi connectivity index (χ0) is 28.5. The van der Waals surface area contributed by atoms with Crippen LogP contribution in [0.3, 0.4) is 0 Å². The minimum absolute atomic E-state index is 0.0118. The van der Waals surface area contributed by atoms with Crippen molar-refractivity contribution in [2.45, 2.75) is 61.7 Å². The number of aliphatic hydroxyl groups excluding tert-OH is 1. The summed E-state index contributed by atoms with van der Waals surface area (Å²) in [6, 6.07) is -2.09. The van der Waals surface area contributed by atoms with Crippen LogP contribution < -0.4 is 21.4 Å². The number of nitrogens with two attached hydrogens (primary N) is 2. The summed E-state index contributed by atoms with van der Waals surface area (Å²) in [4.78, 5) is 70.8. The highest BCUT2D eigenvalue weighted by atomic mass is 31.3. The topological polar surface area (TPSA) is 321 Å². The molecule has 39 heavy (non-hydrogen) atoms. The molecule has 2 fully saturated rings. The number of imidazole rings is 1. The Balaban J connectivity index is 1.64. The van der Waals surface area contributed by atoms with Gasteiger partial charge in [0, 0.05) is 12.8 Å². The number of phosphoric ester groups is 1. The molecular weight excluding hydrogens is 574 g/mol. The van der Waals surface area contributed by atoms with E-state index in [1.165, 1.54) is 10.9 Å². The molecule has 23 heteroatoms. The predicted octanol–water partition coefficient (Wildman–Crippen LogP) is -2.29. The van der Waals surface area contributed by atoms with Gasteiger partial charge in [0.15, 0.2) is 17.7 Å². The summed E-state index contributed by atoms with van der Waals surface area (Å²) in [5.41, 5.74) is 6.06. The third kappa shape index (κ3) is 6.51. The van der Waals surface area contributed by atoms with E-state index in [9.17, 15) is 33.8 Å². The van der Waals surface area contributed by atoms with Crippen LogP contribution in [0.5, 0.6) is 0 Å². The number of nitrogens with zero attached hydrogens (tertiary/aromatic N) is 6. The van der Waals surface area contributed by atoms with Gasteiger partial charge in [0.05, 0.1) is 19.0 Å². The molecule has 0 bridgehead atoms. The summed E-state index contributed by atoms with van der Waals surface area (Å²) in [5, 5.41) is 17.0. The van der Waals surface area contributed by atoms with E-state index in [1.54, 1.807) is 0 Å². The number of anilines is 1. The lowest BCUT2D eigenvalue weighted by Gasteiger charge is -2.37. The number of rotatable bonds is 11. The molecule has 0 amide bonds. The molecule has 216 valence electrons. The minimum Gasteiger partial charge on any atom is -0.756 e. The fourth-order valence-corrected chi connectivity index (χ4v) is 5.99. The number of hydrogen-bond acceptors (Lipinski definition) is 19. The average molecular weight is 596 g/mol. The van der Waals surface area contributed by atoms with Crippen LogP contribution in [-0.4, -0.2) is 78.7 Å². The Kier molecular flexibility index (Phi) is 8.81. The monoisotopic (exact) mass is 596 g/mol. The molecule has 4 rings (SSSR count). The smallest absolute Gasteiger partial charge is 0.274 e. The van der Waals surface area contributed by atoms with Crippen LogP contribution in [-0.2, 0) is 32.3 Å². The second-order valence-corrected chi connectivity index (χ2v) is 11.3.